The number of amidine groups is 1. The van der Waals surface area contributed by atoms with Crippen LogP contribution < -0.4 is 0 Å². The average molecular weight is 360 g/mol. The standard InChI is InChI=1S/C10H9Cl3N2O2S2/c1-18-10-14-2-3-15(10)19(16,17)9-5-7(12)6(11)4-8(9)13/h4-5H,2-3H2,1H3. The van der Waals surface area contributed by atoms with Crippen LogP contribution >= 0.6 is 46.6 Å². The maximum Gasteiger partial charge on any atom is 0.267 e. The van der Waals surface area contributed by atoms with Crippen LogP contribution in [-0.4, -0.2) is 37.2 Å². The van der Waals surface area contributed by atoms with Crippen LogP contribution in [0.3, 0.4) is 0 Å². The number of rotatable bonds is 2. The summed E-state index contributed by atoms with van der Waals surface area (Å²) in [6.07, 6.45) is 1.77. The summed E-state index contributed by atoms with van der Waals surface area (Å²) >= 11 is 18.9. The van der Waals surface area contributed by atoms with Crippen molar-refractivity contribution in [3.63, 3.8) is 0 Å². The van der Waals surface area contributed by atoms with Gasteiger partial charge in [0, 0.05) is 0 Å². The smallest absolute Gasteiger partial charge is 0.260 e. The third-order valence-electron chi connectivity index (χ3n) is 2.49. The Hall–Kier alpha value is -0.140. The van der Waals surface area contributed by atoms with Gasteiger partial charge in [0.1, 0.15) is 4.90 Å². The van der Waals surface area contributed by atoms with Gasteiger partial charge < -0.3 is 0 Å². The van der Waals surface area contributed by atoms with E-state index < -0.39 is 10.0 Å². The Balaban J connectivity index is 2.52. The molecule has 0 aliphatic carbocycles. The first-order valence-electron chi connectivity index (χ1n) is 5.13. The van der Waals surface area contributed by atoms with Crippen molar-refractivity contribution in [1.82, 2.24) is 4.31 Å². The molecule has 0 bridgehead atoms. The second-order valence-electron chi connectivity index (χ2n) is 3.64. The Morgan fingerprint density at radius 1 is 1.21 bits per heavy atom. The molecular weight excluding hydrogens is 351 g/mol. The van der Waals surface area contributed by atoms with E-state index in [0.29, 0.717) is 18.3 Å². The lowest BCUT2D eigenvalue weighted by Crippen LogP contribution is -2.32. The quantitative estimate of drug-likeness (QED) is 0.761. The predicted octanol–water partition coefficient (Wildman–Crippen LogP) is 3.37. The van der Waals surface area contributed by atoms with E-state index in [1.807, 2.05) is 0 Å². The molecule has 4 nitrogen and oxygen atoms in total. The molecule has 2 rings (SSSR count). The van der Waals surface area contributed by atoms with E-state index in [1.54, 1.807) is 6.26 Å². The van der Waals surface area contributed by atoms with E-state index in [9.17, 15) is 8.42 Å². The number of hydrogen-bond donors (Lipinski definition) is 0. The first-order chi connectivity index (χ1) is 8.87. The Morgan fingerprint density at radius 3 is 2.47 bits per heavy atom. The summed E-state index contributed by atoms with van der Waals surface area (Å²) < 4.78 is 26.3. The summed E-state index contributed by atoms with van der Waals surface area (Å²) in [4.78, 5) is 4.06. The summed E-state index contributed by atoms with van der Waals surface area (Å²) in [7, 11) is -3.76. The summed E-state index contributed by atoms with van der Waals surface area (Å²) in [6.45, 7) is 0.740. The van der Waals surface area contributed by atoms with Gasteiger partial charge in [0.05, 0.1) is 28.2 Å². The van der Waals surface area contributed by atoms with Crippen LogP contribution in [0, 0.1) is 0 Å². The fourth-order valence-electron chi connectivity index (χ4n) is 1.62. The Morgan fingerprint density at radius 2 is 1.84 bits per heavy atom. The normalized spacial score (nSPS) is 15.8. The van der Waals surface area contributed by atoms with Crippen LogP contribution in [0.15, 0.2) is 22.0 Å². The number of hydrogen-bond acceptors (Lipinski definition) is 4. The second kappa shape index (κ2) is 5.69. The van der Waals surface area contributed by atoms with Crippen molar-refractivity contribution in [2.75, 3.05) is 19.3 Å². The highest BCUT2D eigenvalue weighted by atomic mass is 35.5. The van der Waals surface area contributed by atoms with Crippen LogP contribution in [0.2, 0.25) is 15.1 Å². The molecule has 0 saturated carbocycles. The monoisotopic (exact) mass is 358 g/mol. The van der Waals surface area contributed by atoms with E-state index in [2.05, 4.69) is 4.99 Å². The first kappa shape index (κ1) is 15.3. The lowest BCUT2D eigenvalue weighted by molar-refractivity contribution is 0.540. The van der Waals surface area contributed by atoms with Crippen LogP contribution in [0.5, 0.6) is 0 Å². The van der Waals surface area contributed by atoms with E-state index >= 15 is 0 Å². The molecule has 19 heavy (non-hydrogen) atoms. The lowest BCUT2D eigenvalue weighted by atomic mass is 10.4. The van der Waals surface area contributed by atoms with Gasteiger partial charge >= 0.3 is 0 Å². The SMILES string of the molecule is CSC1=NCCN1S(=O)(=O)c1cc(Cl)c(Cl)cc1Cl. The number of aliphatic imine (C=N–C) groups is 1. The molecule has 0 saturated heterocycles. The maximum absolute atomic E-state index is 12.5. The van der Waals surface area contributed by atoms with Gasteiger partial charge in [0.25, 0.3) is 10.0 Å². The lowest BCUT2D eigenvalue weighted by Gasteiger charge is -2.20. The summed E-state index contributed by atoms with van der Waals surface area (Å²) in [6, 6.07) is 2.59. The minimum atomic E-state index is -3.76. The third kappa shape index (κ3) is 2.83. The zero-order valence-corrected chi connectivity index (χ0v) is 13.6. The summed E-state index contributed by atoms with van der Waals surface area (Å²) in [5.41, 5.74) is 0. The number of benzene rings is 1. The molecule has 0 N–H and O–H groups in total. The molecule has 1 aliphatic rings. The highest BCUT2D eigenvalue weighted by molar-refractivity contribution is 8.14. The molecule has 0 atom stereocenters. The van der Waals surface area contributed by atoms with Crippen LogP contribution in [0.1, 0.15) is 0 Å². The minimum absolute atomic E-state index is 0.0433. The highest BCUT2D eigenvalue weighted by Gasteiger charge is 2.32. The zero-order valence-electron chi connectivity index (χ0n) is 9.73. The van der Waals surface area contributed by atoms with E-state index in [0.717, 1.165) is 0 Å². The van der Waals surface area contributed by atoms with E-state index in [-0.39, 0.29) is 20.0 Å². The first-order valence-corrected chi connectivity index (χ1v) is 8.93. The summed E-state index contributed by atoms with van der Waals surface area (Å²) in [5.74, 6) is 0. The molecular formula is C10H9Cl3N2O2S2. The number of sulfonamides is 1. The van der Waals surface area contributed by atoms with Gasteiger partial charge in [-0.2, -0.15) is 0 Å². The Bertz CT molecular complexity index is 646. The maximum atomic E-state index is 12.5. The largest absolute Gasteiger partial charge is 0.267 e. The molecule has 0 amide bonds. The zero-order chi connectivity index (χ0) is 14.2. The molecule has 1 heterocycles. The Kier molecular flexibility index (Phi) is 4.57. The van der Waals surface area contributed by atoms with E-state index in [4.69, 9.17) is 34.8 Å². The predicted molar refractivity (Wildman–Crippen MR) is 81.2 cm³/mol. The minimum Gasteiger partial charge on any atom is -0.260 e. The number of halogens is 3. The molecule has 1 aromatic carbocycles. The molecule has 0 radical (unpaired) electrons. The van der Waals surface area contributed by atoms with Crippen molar-refractivity contribution in [2.24, 2.45) is 4.99 Å². The van der Waals surface area contributed by atoms with Crippen molar-refractivity contribution < 1.29 is 8.42 Å². The van der Waals surface area contributed by atoms with Gasteiger partial charge in [0.15, 0.2) is 5.17 Å². The topological polar surface area (TPSA) is 49.7 Å². The molecule has 1 aliphatic heterocycles. The fourth-order valence-corrected chi connectivity index (χ4v) is 4.95. The molecule has 0 unspecified atom stereocenters. The van der Waals surface area contributed by atoms with Gasteiger partial charge in [-0.1, -0.05) is 46.6 Å². The van der Waals surface area contributed by atoms with Crippen LogP contribution in [-0.2, 0) is 10.0 Å². The Labute approximate surface area is 130 Å². The van der Waals surface area contributed by atoms with Crippen molar-refractivity contribution in [2.45, 2.75) is 4.90 Å². The van der Waals surface area contributed by atoms with Gasteiger partial charge in [-0.25, -0.2) is 12.7 Å². The molecule has 0 spiro atoms. The van der Waals surface area contributed by atoms with Crippen molar-refractivity contribution >= 4 is 61.8 Å². The molecule has 1 aromatic rings. The van der Waals surface area contributed by atoms with Crippen molar-refractivity contribution in [3.05, 3.63) is 27.2 Å². The third-order valence-corrected chi connectivity index (χ3v) is 6.30. The van der Waals surface area contributed by atoms with Gasteiger partial charge in [-0.3, -0.25) is 4.99 Å². The molecule has 9 heteroatoms. The van der Waals surface area contributed by atoms with Crippen LogP contribution in [0.25, 0.3) is 0 Å². The average Bonchev–Trinajstić information content (AvgIpc) is 2.82. The van der Waals surface area contributed by atoms with E-state index in [1.165, 1.54) is 28.2 Å². The highest BCUT2D eigenvalue weighted by Crippen LogP contribution is 2.34. The van der Waals surface area contributed by atoms with Gasteiger partial charge in [0.2, 0.25) is 0 Å². The molecule has 0 aromatic heterocycles. The second-order valence-corrected chi connectivity index (χ2v) is 7.47. The number of nitrogens with zero attached hydrogens (tertiary/aromatic N) is 2. The van der Waals surface area contributed by atoms with Crippen molar-refractivity contribution in [3.8, 4) is 0 Å². The van der Waals surface area contributed by atoms with Crippen LogP contribution in [0.4, 0.5) is 0 Å². The summed E-state index contributed by atoms with van der Waals surface area (Å²) in [5, 5.41) is 0.848. The van der Waals surface area contributed by atoms with Gasteiger partial charge in [-0.05, 0) is 18.4 Å². The van der Waals surface area contributed by atoms with Gasteiger partial charge in [-0.15, -0.1) is 0 Å². The molecule has 104 valence electrons. The molecule has 0 fully saturated rings. The number of thioether (sulfide) groups is 1. The van der Waals surface area contributed by atoms with Crippen molar-refractivity contribution in [1.29, 1.82) is 0 Å². The fraction of sp³-hybridized carbons (Fsp3) is 0.300.